The molecule has 0 bridgehead atoms. The number of aliphatic hydroxyl groups is 1. The van der Waals surface area contributed by atoms with Gasteiger partial charge < -0.3 is 15.2 Å². The van der Waals surface area contributed by atoms with Crippen LogP contribution < -0.4 is 5.32 Å². The van der Waals surface area contributed by atoms with E-state index in [9.17, 15) is 14.7 Å². The first-order valence-electron chi connectivity index (χ1n) is 26.0. The number of amides is 1. The van der Waals surface area contributed by atoms with Crippen molar-refractivity contribution in [2.24, 2.45) is 0 Å². The Bertz CT molecular complexity index is 901. The van der Waals surface area contributed by atoms with Crippen molar-refractivity contribution in [3.8, 4) is 0 Å². The van der Waals surface area contributed by atoms with E-state index in [1.165, 1.54) is 199 Å². The summed E-state index contributed by atoms with van der Waals surface area (Å²) in [6, 6.07) is -0.620. The smallest absolute Gasteiger partial charge is 0.305 e. The third-order valence-corrected chi connectivity index (χ3v) is 11.9. The Kier molecular flexibility index (Phi) is 46.7. The molecule has 0 aromatic carbocycles. The predicted molar refractivity (Wildman–Crippen MR) is 253 cm³/mol. The Morgan fingerprint density at radius 2 is 0.741 bits per heavy atom. The van der Waals surface area contributed by atoms with Gasteiger partial charge >= 0.3 is 5.97 Å². The predicted octanol–water partition coefficient (Wildman–Crippen LogP) is 16.5. The molecule has 2 N–H and O–H groups in total. The molecule has 0 unspecified atom stereocenters. The quantitative estimate of drug-likeness (QED) is 0.0364. The zero-order chi connectivity index (χ0) is 42.3. The largest absolute Gasteiger partial charge is 0.463 e. The van der Waals surface area contributed by atoms with Gasteiger partial charge in [-0.15, -0.1) is 0 Å². The van der Waals surface area contributed by atoms with E-state index >= 15 is 0 Å². The zero-order valence-corrected chi connectivity index (χ0v) is 39.3. The summed E-state index contributed by atoms with van der Waals surface area (Å²) in [7, 11) is 0. The Morgan fingerprint density at radius 1 is 0.431 bits per heavy atom. The second-order valence-corrected chi connectivity index (χ2v) is 17.8. The van der Waals surface area contributed by atoms with Crippen LogP contribution in [0.3, 0.4) is 0 Å². The van der Waals surface area contributed by atoms with Crippen molar-refractivity contribution in [3.05, 3.63) is 24.3 Å². The number of aliphatic hydroxyl groups excluding tert-OH is 1. The Labute approximate surface area is 362 Å². The van der Waals surface area contributed by atoms with Crippen molar-refractivity contribution in [2.75, 3.05) is 6.61 Å². The molecule has 5 heteroatoms. The summed E-state index contributed by atoms with van der Waals surface area (Å²) < 4.78 is 5.63. The third-order valence-electron chi connectivity index (χ3n) is 11.9. The monoisotopic (exact) mass is 816 g/mol. The van der Waals surface area contributed by atoms with E-state index < -0.39 is 12.1 Å². The van der Waals surface area contributed by atoms with Gasteiger partial charge in [0, 0.05) is 12.8 Å². The van der Waals surface area contributed by atoms with E-state index in [1.54, 1.807) is 6.08 Å². The van der Waals surface area contributed by atoms with Crippen LogP contribution in [-0.4, -0.2) is 35.7 Å². The van der Waals surface area contributed by atoms with Crippen molar-refractivity contribution >= 4 is 11.9 Å². The molecule has 5 nitrogen and oxygen atoms in total. The molecule has 1 amide bonds. The van der Waals surface area contributed by atoms with Crippen LogP contribution in [0.4, 0.5) is 0 Å². The summed E-state index contributed by atoms with van der Waals surface area (Å²) in [6.45, 7) is 6.83. The number of hydrogen-bond donors (Lipinski definition) is 2. The first kappa shape index (κ1) is 56.4. The maximum Gasteiger partial charge on any atom is 0.305 e. The van der Waals surface area contributed by atoms with Crippen LogP contribution in [0.2, 0.25) is 0 Å². The van der Waals surface area contributed by atoms with Gasteiger partial charge in [-0.2, -0.15) is 0 Å². The van der Waals surface area contributed by atoms with Crippen LogP contribution >= 0.6 is 0 Å². The van der Waals surface area contributed by atoms with Crippen molar-refractivity contribution in [1.82, 2.24) is 5.32 Å². The van der Waals surface area contributed by atoms with Crippen molar-refractivity contribution in [1.29, 1.82) is 0 Å². The topological polar surface area (TPSA) is 75.6 Å². The standard InChI is InChI=1S/C53H101NO4/c1-4-7-10-13-16-19-22-25-27-30-33-36-39-42-45-48-53(57)58-49-50(51(55)46-43-40-37-34-31-28-24-21-18-15-12-9-6-3)54-52(56)47-44-41-38-35-32-29-26-23-20-17-14-11-8-5-2/h25,27,43,46,50-51,55H,4-24,26,28-42,44-45,47-49H2,1-3H3,(H,54,56)/b27-25-,46-43+/t50-,51+/m0/s1. The number of rotatable bonds is 47. The lowest BCUT2D eigenvalue weighted by molar-refractivity contribution is -0.146. The number of carbonyl (C=O) groups is 2. The molecule has 0 aromatic heterocycles. The fraction of sp³-hybridized carbons (Fsp3) is 0.887. The Morgan fingerprint density at radius 3 is 1.12 bits per heavy atom. The highest BCUT2D eigenvalue weighted by Gasteiger charge is 2.21. The third kappa shape index (κ3) is 43.9. The number of ether oxygens (including phenoxy) is 1. The van der Waals surface area contributed by atoms with Gasteiger partial charge in [0.1, 0.15) is 6.61 Å². The maximum atomic E-state index is 12.9. The first-order chi connectivity index (χ1) is 28.5. The highest BCUT2D eigenvalue weighted by molar-refractivity contribution is 5.76. The van der Waals surface area contributed by atoms with Gasteiger partial charge in [-0.25, -0.2) is 0 Å². The highest BCUT2D eigenvalue weighted by Crippen LogP contribution is 2.16. The molecule has 0 fully saturated rings. The normalized spacial score (nSPS) is 12.8. The number of carbonyl (C=O) groups excluding carboxylic acids is 2. The maximum absolute atomic E-state index is 12.9. The van der Waals surface area contributed by atoms with E-state index in [-0.39, 0.29) is 18.5 Å². The molecular formula is C53H101NO4. The van der Waals surface area contributed by atoms with Gasteiger partial charge in [0.25, 0.3) is 0 Å². The molecule has 0 aliphatic carbocycles. The van der Waals surface area contributed by atoms with Gasteiger partial charge in [0.2, 0.25) is 5.91 Å². The van der Waals surface area contributed by atoms with Gasteiger partial charge in [0.15, 0.2) is 0 Å². The lowest BCUT2D eigenvalue weighted by Gasteiger charge is -2.22. The summed E-state index contributed by atoms with van der Waals surface area (Å²) in [5, 5.41) is 14.1. The Hall–Kier alpha value is -1.62. The fourth-order valence-corrected chi connectivity index (χ4v) is 7.88. The van der Waals surface area contributed by atoms with Gasteiger partial charge in [-0.3, -0.25) is 9.59 Å². The molecule has 342 valence electrons. The molecule has 0 saturated heterocycles. The molecule has 2 atom stereocenters. The van der Waals surface area contributed by atoms with Crippen LogP contribution in [0.1, 0.15) is 284 Å². The molecule has 0 aromatic rings. The molecule has 0 heterocycles. The van der Waals surface area contributed by atoms with Gasteiger partial charge in [-0.1, -0.05) is 244 Å². The van der Waals surface area contributed by atoms with Crippen LogP contribution in [0.25, 0.3) is 0 Å². The minimum atomic E-state index is -0.874. The minimum Gasteiger partial charge on any atom is -0.463 e. The van der Waals surface area contributed by atoms with E-state index in [1.807, 2.05) is 6.08 Å². The molecule has 0 aliphatic rings. The van der Waals surface area contributed by atoms with Crippen molar-refractivity contribution < 1.29 is 19.4 Å². The van der Waals surface area contributed by atoms with Crippen LogP contribution in [0.5, 0.6) is 0 Å². The average molecular weight is 816 g/mol. The Balaban J connectivity index is 4.40. The van der Waals surface area contributed by atoms with Crippen LogP contribution in [-0.2, 0) is 14.3 Å². The summed E-state index contributed by atoms with van der Waals surface area (Å²) in [5.74, 6) is -0.295. The van der Waals surface area contributed by atoms with E-state index in [0.717, 1.165) is 51.4 Å². The number of allylic oxidation sites excluding steroid dienone is 3. The minimum absolute atomic E-state index is 0.0122. The van der Waals surface area contributed by atoms with E-state index in [2.05, 4.69) is 38.2 Å². The molecule has 58 heavy (non-hydrogen) atoms. The molecule has 0 spiro atoms. The summed E-state index contributed by atoms with van der Waals surface area (Å²) in [6.07, 6.45) is 57.8. The molecule has 0 saturated carbocycles. The molecule has 0 aliphatic heterocycles. The van der Waals surface area contributed by atoms with Crippen molar-refractivity contribution in [3.63, 3.8) is 0 Å². The lowest BCUT2D eigenvalue weighted by Crippen LogP contribution is -2.46. The van der Waals surface area contributed by atoms with Crippen LogP contribution in [0, 0.1) is 0 Å². The molecule has 0 rings (SSSR count). The average Bonchev–Trinajstić information content (AvgIpc) is 3.22. The molecular weight excluding hydrogens is 715 g/mol. The number of unbranched alkanes of at least 4 members (excludes halogenated alkanes) is 35. The lowest BCUT2D eigenvalue weighted by atomic mass is 10.0. The van der Waals surface area contributed by atoms with Crippen LogP contribution in [0.15, 0.2) is 24.3 Å². The van der Waals surface area contributed by atoms with Crippen molar-refractivity contribution in [2.45, 2.75) is 296 Å². The fourth-order valence-electron chi connectivity index (χ4n) is 7.88. The zero-order valence-electron chi connectivity index (χ0n) is 39.3. The summed E-state index contributed by atoms with van der Waals surface area (Å²) in [5.41, 5.74) is 0. The summed E-state index contributed by atoms with van der Waals surface area (Å²) in [4.78, 5) is 25.6. The van der Waals surface area contributed by atoms with Gasteiger partial charge in [-0.05, 0) is 51.4 Å². The van der Waals surface area contributed by atoms with E-state index in [4.69, 9.17) is 4.74 Å². The number of nitrogens with one attached hydrogen (secondary N) is 1. The number of hydrogen-bond acceptors (Lipinski definition) is 4. The second kappa shape index (κ2) is 48.1. The van der Waals surface area contributed by atoms with Gasteiger partial charge in [0.05, 0.1) is 12.1 Å². The highest BCUT2D eigenvalue weighted by atomic mass is 16.5. The van der Waals surface area contributed by atoms with E-state index in [0.29, 0.717) is 12.8 Å². The SMILES string of the molecule is CCCCCCCC/C=C\CCCCCCCC(=O)OC[C@H](NC(=O)CCCCCCCCCCCCCCCC)[C@H](O)/C=C/CCCCCCCCCCCCC. The second-order valence-electron chi connectivity index (χ2n) is 17.8. The first-order valence-corrected chi connectivity index (χ1v) is 26.0. The number of esters is 1. The molecule has 0 radical (unpaired) electrons. The summed E-state index contributed by atoms with van der Waals surface area (Å²) >= 11 is 0.